The molecule has 9 heterocycles. The monoisotopic (exact) mass is 1910 g/mol. The van der Waals surface area contributed by atoms with Gasteiger partial charge in [-0.25, -0.2) is 29.5 Å². The predicted octanol–water partition coefficient (Wildman–Crippen LogP) is 21.7. The van der Waals surface area contributed by atoms with Crippen molar-refractivity contribution in [1.82, 2.24) is 55.2 Å². The Hall–Kier alpha value is -9.49. The number of halogens is 1. The van der Waals surface area contributed by atoms with Gasteiger partial charge in [-0.3, -0.25) is 0 Å². The van der Waals surface area contributed by atoms with Crippen LogP contribution in [0.15, 0.2) is 86.4 Å². The normalized spacial score (nSPS) is 15.1. The molecule has 12 rings (SSSR count). The van der Waals surface area contributed by atoms with E-state index in [0.29, 0.717) is 132 Å². The summed E-state index contributed by atoms with van der Waals surface area (Å²) in [5.74, 6) is 7.92. The van der Waals surface area contributed by atoms with Gasteiger partial charge in [0.1, 0.15) is 70.7 Å². The molecule has 3 aliphatic rings. The molecule has 3 saturated heterocycles. The van der Waals surface area contributed by atoms with Crippen LogP contribution >= 0.6 is 11.6 Å². The molecule has 736 valence electrons. The first-order valence-electron chi connectivity index (χ1n) is 46.8. The van der Waals surface area contributed by atoms with Crippen LogP contribution in [-0.4, -0.2) is 230 Å². The number of nitrogens with zero attached hydrogens (tertiary/aromatic N) is 11. The van der Waals surface area contributed by atoms with Crippen molar-refractivity contribution in [3.05, 3.63) is 129 Å². The summed E-state index contributed by atoms with van der Waals surface area (Å²) in [6.07, 6.45) is 5.52. The van der Waals surface area contributed by atoms with Gasteiger partial charge in [0.05, 0.1) is 95.5 Å². The maximum absolute atomic E-state index is 12.9. The summed E-state index contributed by atoms with van der Waals surface area (Å²) in [5, 5.41) is 31.4. The zero-order chi connectivity index (χ0) is 98.4. The maximum atomic E-state index is 12.9. The van der Waals surface area contributed by atoms with E-state index in [-0.39, 0.29) is 42.1 Å². The van der Waals surface area contributed by atoms with Gasteiger partial charge in [0.25, 0.3) is 0 Å². The molecule has 0 saturated carbocycles. The Balaban J connectivity index is 0.000000218. The van der Waals surface area contributed by atoms with Gasteiger partial charge in [-0.15, -0.1) is 0 Å². The van der Waals surface area contributed by atoms with E-state index >= 15 is 0 Å². The molecule has 30 nitrogen and oxygen atoms in total. The summed E-state index contributed by atoms with van der Waals surface area (Å²) in [5.41, 5.74) is 10.5. The lowest BCUT2D eigenvalue weighted by atomic mass is 10.0. The lowest BCUT2D eigenvalue weighted by Crippen LogP contribution is -2.49. The van der Waals surface area contributed by atoms with Crippen molar-refractivity contribution in [2.75, 3.05) is 106 Å². The topological polar surface area (TPSA) is 347 Å². The van der Waals surface area contributed by atoms with Gasteiger partial charge in [0, 0.05) is 93.7 Å². The van der Waals surface area contributed by atoms with Crippen LogP contribution in [0, 0.1) is 80.1 Å². The standard InChI is InChI=1S/C37H56N4O7Si.C31H45ClN4O5Si.C27H35N3O5.C6H12O2/c1-24-32(31-25(2)40-47-26(31)3)38-33(39-34(24)45-22-27-16-18-43-19-17-27)28-14-13-15-29(20-28)44-23-30(48-49(11,12)37(7,8)9)21-41(10)35(42)46-36(4,5)6;1-19-26(25-20(2)35-40-21(25)3)33-28(34-27(19)32)22-14-13-15-23(16-22)38-18-24(41-42(11,12)31(7,8)9)17-36(10)29(37)39-30(4,5)6;1-5-7-22(31)16-33-23-9-6-8-21(14-23)26-28-25(24-18(3)30-35-19(24)4)17(2)27(29-26)34-15-20-10-12-32-13-11-20;7-5-6-1-3-8-4-2-6/h13-15,20,27,30H,16-19,21-23H2,1-12H3;13-16,24H,17-18H2,1-12H3;6,8-9,14,20,22,31H,5,7,10-13,15-16H2,1-4H3;6-7H,1-5H2. The van der Waals surface area contributed by atoms with E-state index in [4.69, 9.17) is 111 Å². The fraction of sp³-hybridized carbons (Fsp3) is 0.594. The number of ether oxygens (including phenoxy) is 10. The number of hydrogen-bond acceptors (Lipinski definition) is 28. The fourth-order valence-electron chi connectivity index (χ4n) is 14.5. The Morgan fingerprint density at radius 2 is 0.784 bits per heavy atom. The second kappa shape index (κ2) is 48.5. The zero-order valence-corrected chi connectivity index (χ0v) is 87.3. The smallest absolute Gasteiger partial charge is 0.410 e. The second-order valence-corrected chi connectivity index (χ2v) is 50.1. The van der Waals surface area contributed by atoms with E-state index in [9.17, 15) is 14.7 Å². The van der Waals surface area contributed by atoms with Gasteiger partial charge in [-0.1, -0.05) is 118 Å². The quantitative estimate of drug-likeness (QED) is 0.0292. The van der Waals surface area contributed by atoms with Crippen molar-refractivity contribution in [3.63, 3.8) is 0 Å². The summed E-state index contributed by atoms with van der Waals surface area (Å²) >= 11 is 6.56. The average Bonchev–Trinajstić information content (AvgIpc) is 1.44. The summed E-state index contributed by atoms with van der Waals surface area (Å²) in [6, 6.07) is 22.8. The van der Waals surface area contributed by atoms with Gasteiger partial charge in [0.2, 0.25) is 11.8 Å². The first-order chi connectivity index (χ1) is 63.0. The first kappa shape index (κ1) is 108. The van der Waals surface area contributed by atoms with Crippen LogP contribution in [0.25, 0.3) is 67.9 Å². The van der Waals surface area contributed by atoms with Gasteiger partial charge >= 0.3 is 12.2 Å². The van der Waals surface area contributed by atoms with Gasteiger partial charge < -0.3 is 89.8 Å². The Bertz CT molecular complexity index is 5210. The molecular formula is C101H148ClN11O19Si2. The van der Waals surface area contributed by atoms with E-state index in [1.807, 2.05) is 184 Å². The van der Waals surface area contributed by atoms with Crippen molar-refractivity contribution >= 4 is 40.4 Å². The Morgan fingerprint density at radius 3 is 1.08 bits per heavy atom. The molecule has 3 atom stereocenters. The highest BCUT2D eigenvalue weighted by Gasteiger charge is 2.42. The molecule has 3 aromatic carbocycles. The molecule has 0 spiro atoms. The van der Waals surface area contributed by atoms with Crippen LogP contribution < -0.4 is 23.7 Å². The summed E-state index contributed by atoms with van der Waals surface area (Å²) in [7, 11) is -0.943. The molecule has 9 aromatic rings. The molecule has 3 fully saturated rings. The van der Waals surface area contributed by atoms with Crippen molar-refractivity contribution in [1.29, 1.82) is 0 Å². The van der Waals surface area contributed by atoms with E-state index in [1.54, 1.807) is 23.9 Å². The molecular weight excluding hydrogens is 1760 g/mol. The second-order valence-electron chi connectivity index (χ2n) is 40.2. The molecule has 0 bridgehead atoms. The SMILES string of the molecule is CCCC(O)COc1cccc(-c2nc(OCC3CCOCC3)c(C)c(-c3c(C)noc3C)n2)c1.Cc1noc(C)c1-c1nc(-c2cccc(OCC(CN(C)C(=O)OC(C)(C)C)O[Si](C)(C)C(C)(C)C)c2)nc(Cl)c1C.Cc1noc(C)c1-c1nc(-c2cccc(OCC(CN(C)C(=O)OC(C)(C)C)O[Si](C)(C)C(C)(C)C)c2)nc(OCC2CCOCC2)c1C.OCC1CCOCC1. The predicted molar refractivity (Wildman–Crippen MR) is 525 cm³/mol. The number of aliphatic hydroxyl groups excluding tert-OH is 2. The third-order valence-corrected chi connectivity index (χ3v) is 33.8. The highest BCUT2D eigenvalue weighted by molar-refractivity contribution is 6.74. The third kappa shape index (κ3) is 31.5. The number of aromatic nitrogens is 9. The Kier molecular flexibility index (Phi) is 39.2. The molecule has 33 heteroatoms. The van der Waals surface area contributed by atoms with E-state index in [0.717, 1.165) is 163 Å². The van der Waals surface area contributed by atoms with E-state index in [1.165, 1.54) is 0 Å². The van der Waals surface area contributed by atoms with Crippen molar-refractivity contribution in [2.45, 2.75) is 269 Å². The number of benzene rings is 3. The van der Waals surface area contributed by atoms with Crippen LogP contribution in [0.1, 0.15) is 192 Å². The van der Waals surface area contributed by atoms with Gasteiger partial charge in [-0.05, 0) is 239 Å². The van der Waals surface area contributed by atoms with Crippen molar-refractivity contribution < 1.29 is 89.6 Å². The molecule has 0 aliphatic carbocycles. The number of hydrogen-bond donors (Lipinski definition) is 2. The number of carbonyl (C=O) groups is 2. The minimum atomic E-state index is -2.21. The Morgan fingerprint density at radius 1 is 0.463 bits per heavy atom. The van der Waals surface area contributed by atoms with Gasteiger partial charge in [-0.2, -0.15) is 9.97 Å². The maximum Gasteiger partial charge on any atom is 0.410 e. The summed E-state index contributed by atoms with van der Waals surface area (Å²) < 4.78 is 88.2. The van der Waals surface area contributed by atoms with Crippen LogP contribution in [-0.2, 0) is 32.5 Å². The number of aliphatic hydroxyl groups is 2. The minimum Gasteiger partial charge on any atom is -0.491 e. The lowest BCUT2D eigenvalue weighted by Gasteiger charge is -2.40. The van der Waals surface area contributed by atoms with Crippen molar-refractivity contribution in [2.24, 2.45) is 17.8 Å². The largest absolute Gasteiger partial charge is 0.491 e. The minimum absolute atomic E-state index is 0.0172. The van der Waals surface area contributed by atoms with E-state index in [2.05, 4.69) is 88.2 Å². The summed E-state index contributed by atoms with van der Waals surface area (Å²) in [6.45, 7) is 59.7. The van der Waals surface area contributed by atoms with Crippen LogP contribution in [0.2, 0.25) is 41.4 Å². The van der Waals surface area contributed by atoms with E-state index < -0.39 is 46.1 Å². The lowest BCUT2D eigenvalue weighted by molar-refractivity contribution is 0.0166. The Labute approximate surface area is 800 Å². The number of amides is 2. The summed E-state index contributed by atoms with van der Waals surface area (Å²) in [4.78, 5) is 57.7. The molecule has 2 N–H and O–H groups in total. The van der Waals surface area contributed by atoms with Crippen LogP contribution in [0.4, 0.5) is 9.59 Å². The number of rotatable bonds is 32. The molecule has 3 unspecified atom stereocenters. The fourth-order valence-corrected chi connectivity index (χ4v) is 17.4. The molecule has 134 heavy (non-hydrogen) atoms. The molecule has 2 amide bonds. The van der Waals surface area contributed by atoms with Crippen molar-refractivity contribution in [3.8, 4) is 96.9 Å². The molecule has 6 aromatic heterocycles. The average molecular weight is 1910 g/mol. The highest BCUT2D eigenvalue weighted by atomic mass is 35.5. The number of aryl methyl sites for hydroxylation is 6. The molecule has 0 radical (unpaired) electrons. The zero-order valence-electron chi connectivity index (χ0n) is 84.6. The van der Waals surface area contributed by atoms with Crippen LogP contribution in [0.3, 0.4) is 0 Å². The highest BCUT2D eigenvalue weighted by Crippen LogP contribution is 2.43. The number of carbonyl (C=O) groups excluding carboxylic acids is 2. The van der Waals surface area contributed by atoms with Gasteiger partial charge in [0.15, 0.2) is 34.1 Å². The first-order valence-corrected chi connectivity index (χ1v) is 53.0. The third-order valence-electron chi connectivity index (χ3n) is 24.4. The molecule has 3 aliphatic heterocycles. The number of likely N-dealkylation sites (N-methyl/N-ethyl adjacent to an activating group) is 2. The van der Waals surface area contributed by atoms with Crippen LogP contribution in [0.5, 0.6) is 29.0 Å².